The topological polar surface area (TPSA) is 35.5 Å². The molecular weight excluding hydrogens is 376 g/mol. The van der Waals surface area contributed by atoms with Crippen LogP contribution in [0.15, 0.2) is 30.3 Å². The molecule has 3 rings (SSSR count). The normalized spacial score (nSPS) is 28.3. The van der Waals surface area contributed by atoms with Crippen LogP contribution in [-0.2, 0) is 20.4 Å². The predicted molar refractivity (Wildman–Crippen MR) is 121 cm³/mol. The molecule has 2 fully saturated rings. The minimum atomic E-state index is -1.83. The van der Waals surface area contributed by atoms with Gasteiger partial charge in [-0.15, -0.1) is 0 Å². The van der Waals surface area contributed by atoms with Crippen molar-refractivity contribution in [3.8, 4) is 0 Å². The summed E-state index contributed by atoms with van der Waals surface area (Å²) in [6, 6.07) is 10.8. The Morgan fingerprint density at radius 1 is 1.17 bits per heavy atom. The van der Waals surface area contributed by atoms with Crippen molar-refractivity contribution < 1.29 is 14.0 Å². The lowest BCUT2D eigenvalue weighted by Crippen LogP contribution is -2.45. The van der Waals surface area contributed by atoms with E-state index < -0.39 is 8.32 Å². The summed E-state index contributed by atoms with van der Waals surface area (Å²) in [6.45, 7) is 14.0. The van der Waals surface area contributed by atoms with E-state index >= 15 is 0 Å². The number of esters is 1. The minimum Gasteiger partial charge on any atom is -0.462 e. The molecular formula is C25H40O3Si. The van der Waals surface area contributed by atoms with Gasteiger partial charge < -0.3 is 9.16 Å². The molecule has 2 aliphatic rings. The Morgan fingerprint density at radius 2 is 1.86 bits per heavy atom. The molecule has 0 spiro atoms. The van der Waals surface area contributed by atoms with Gasteiger partial charge in [-0.25, -0.2) is 0 Å². The lowest BCUT2D eigenvalue weighted by molar-refractivity contribution is -0.141. The zero-order valence-electron chi connectivity index (χ0n) is 19.2. The van der Waals surface area contributed by atoms with Crippen LogP contribution >= 0.6 is 0 Å². The number of ether oxygens (including phenoxy) is 1. The predicted octanol–water partition coefficient (Wildman–Crippen LogP) is 6.38. The van der Waals surface area contributed by atoms with Crippen LogP contribution in [0.3, 0.4) is 0 Å². The number of rotatable bonds is 8. The summed E-state index contributed by atoms with van der Waals surface area (Å²) in [5.41, 5.74) is 1.43. The highest BCUT2D eigenvalue weighted by molar-refractivity contribution is 6.74. The molecule has 3 nitrogen and oxygen atoms in total. The molecule has 1 aliphatic heterocycles. The van der Waals surface area contributed by atoms with Crippen LogP contribution in [0.1, 0.15) is 65.4 Å². The van der Waals surface area contributed by atoms with Gasteiger partial charge in [0.1, 0.15) is 6.10 Å². The average Bonchev–Trinajstić information content (AvgIpc) is 3.13. The van der Waals surface area contributed by atoms with E-state index in [0.717, 1.165) is 19.3 Å². The Hall–Kier alpha value is -1.13. The van der Waals surface area contributed by atoms with Gasteiger partial charge in [0, 0.05) is 12.3 Å². The maximum atomic E-state index is 11.9. The molecule has 29 heavy (non-hydrogen) atoms. The first-order chi connectivity index (χ1) is 13.6. The van der Waals surface area contributed by atoms with E-state index in [1.54, 1.807) is 0 Å². The van der Waals surface area contributed by atoms with Crippen molar-refractivity contribution in [3.05, 3.63) is 35.9 Å². The summed E-state index contributed by atoms with van der Waals surface area (Å²) in [6.07, 6.45) is 6.52. The van der Waals surface area contributed by atoms with Gasteiger partial charge in [-0.1, -0.05) is 64.4 Å². The highest BCUT2D eigenvalue weighted by atomic mass is 28.4. The van der Waals surface area contributed by atoms with Crippen molar-refractivity contribution in [2.24, 2.45) is 17.8 Å². The van der Waals surface area contributed by atoms with Gasteiger partial charge in [-0.2, -0.15) is 0 Å². The molecule has 0 amide bonds. The maximum Gasteiger partial charge on any atom is 0.306 e. The number of hydrogen-bond donors (Lipinski definition) is 0. The second kappa shape index (κ2) is 8.93. The third-order valence-electron chi connectivity index (χ3n) is 7.67. The van der Waals surface area contributed by atoms with E-state index in [0.29, 0.717) is 24.2 Å². The highest BCUT2D eigenvalue weighted by Crippen LogP contribution is 2.48. The SMILES string of the molecule is CC(CCc1ccccc1)CC[C@H]1C(O[Si](C)(C)C(C)(C)C)CC2OC(=O)CC21. The Bertz CT molecular complexity index is 679. The first-order valence-electron chi connectivity index (χ1n) is 11.5. The van der Waals surface area contributed by atoms with E-state index in [1.807, 2.05) is 0 Å². The number of carbonyl (C=O) groups is 1. The third-order valence-corrected chi connectivity index (χ3v) is 12.2. The highest BCUT2D eigenvalue weighted by Gasteiger charge is 2.52. The lowest BCUT2D eigenvalue weighted by atomic mass is 9.85. The molecule has 0 radical (unpaired) electrons. The summed E-state index contributed by atoms with van der Waals surface area (Å²) in [5.74, 6) is 1.49. The van der Waals surface area contributed by atoms with E-state index in [-0.39, 0.29) is 23.2 Å². The van der Waals surface area contributed by atoms with Gasteiger partial charge >= 0.3 is 5.97 Å². The molecule has 0 bridgehead atoms. The van der Waals surface area contributed by atoms with Gasteiger partial charge in [0.2, 0.25) is 0 Å². The number of carbonyl (C=O) groups excluding carboxylic acids is 1. The fourth-order valence-electron chi connectivity index (χ4n) is 4.73. The van der Waals surface area contributed by atoms with E-state index in [9.17, 15) is 4.79 Å². The van der Waals surface area contributed by atoms with Crippen LogP contribution in [0.2, 0.25) is 18.1 Å². The summed E-state index contributed by atoms with van der Waals surface area (Å²) >= 11 is 0. The van der Waals surface area contributed by atoms with Crippen LogP contribution in [0.25, 0.3) is 0 Å². The van der Waals surface area contributed by atoms with E-state index in [2.05, 4.69) is 71.1 Å². The van der Waals surface area contributed by atoms with Gasteiger partial charge in [0.05, 0.1) is 12.5 Å². The quantitative estimate of drug-likeness (QED) is 0.364. The summed E-state index contributed by atoms with van der Waals surface area (Å²) in [5, 5.41) is 0.203. The zero-order valence-corrected chi connectivity index (χ0v) is 20.2. The fourth-order valence-corrected chi connectivity index (χ4v) is 6.11. The summed E-state index contributed by atoms with van der Waals surface area (Å²) in [4.78, 5) is 11.9. The van der Waals surface area contributed by atoms with Gasteiger partial charge in [0.15, 0.2) is 8.32 Å². The summed E-state index contributed by atoms with van der Waals surface area (Å²) in [7, 11) is -1.83. The largest absolute Gasteiger partial charge is 0.462 e. The van der Waals surface area contributed by atoms with Crippen molar-refractivity contribution in [2.45, 2.75) is 96.6 Å². The number of hydrogen-bond acceptors (Lipinski definition) is 3. The molecule has 5 atom stereocenters. The Labute approximate surface area is 178 Å². The molecule has 0 aromatic heterocycles. The van der Waals surface area contributed by atoms with Crippen LogP contribution in [0, 0.1) is 17.8 Å². The number of aryl methyl sites for hydroxylation is 1. The smallest absolute Gasteiger partial charge is 0.306 e. The molecule has 0 N–H and O–H groups in total. The van der Waals surface area contributed by atoms with Crippen molar-refractivity contribution in [2.75, 3.05) is 0 Å². The molecule has 1 saturated heterocycles. The Morgan fingerprint density at radius 3 is 2.52 bits per heavy atom. The van der Waals surface area contributed by atoms with Crippen LogP contribution in [0.5, 0.6) is 0 Å². The van der Waals surface area contributed by atoms with Gasteiger partial charge in [-0.3, -0.25) is 4.79 Å². The third kappa shape index (κ3) is 5.52. The van der Waals surface area contributed by atoms with E-state index in [4.69, 9.17) is 9.16 Å². The van der Waals surface area contributed by atoms with Crippen molar-refractivity contribution in [3.63, 3.8) is 0 Å². The second-order valence-corrected chi connectivity index (χ2v) is 15.7. The van der Waals surface area contributed by atoms with Gasteiger partial charge in [-0.05, 0) is 54.8 Å². The number of fused-ring (bicyclic) bond motifs is 1. The van der Waals surface area contributed by atoms with Crippen molar-refractivity contribution in [1.29, 1.82) is 0 Å². The van der Waals surface area contributed by atoms with Crippen LogP contribution in [-0.4, -0.2) is 26.5 Å². The molecule has 1 heterocycles. The first-order valence-corrected chi connectivity index (χ1v) is 14.4. The number of benzene rings is 1. The molecule has 4 heteroatoms. The minimum absolute atomic E-state index is 0.00657. The molecule has 1 saturated carbocycles. The Balaban J connectivity index is 1.59. The molecule has 1 aliphatic carbocycles. The monoisotopic (exact) mass is 416 g/mol. The van der Waals surface area contributed by atoms with Crippen LogP contribution < -0.4 is 0 Å². The van der Waals surface area contributed by atoms with Crippen LogP contribution in [0.4, 0.5) is 0 Å². The molecule has 4 unspecified atom stereocenters. The zero-order chi connectivity index (χ0) is 21.2. The fraction of sp³-hybridized carbons (Fsp3) is 0.720. The van der Waals surface area contributed by atoms with E-state index in [1.165, 1.54) is 18.4 Å². The molecule has 1 aromatic rings. The van der Waals surface area contributed by atoms with Crippen molar-refractivity contribution in [1.82, 2.24) is 0 Å². The standard InChI is InChI=1S/C25H40O3Si/c1-18(12-14-19-10-8-7-9-11-19)13-15-20-21-16-24(26)27-22(21)17-23(20)28-29(5,6)25(2,3)4/h7-11,18,20-23H,12-17H2,1-6H3/t18?,20-,21?,22?,23?/m1/s1. The molecule has 162 valence electrons. The maximum absolute atomic E-state index is 11.9. The van der Waals surface area contributed by atoms with Gasteiger partial charge in [0.25, 0.3) is 0 Å². The summed E-state index contributed by atoms with van der Waals surface area (Å²) < 4.78 is 12.5. The second-order valence-electron chi connectivity index (χ2n) is 10.9. The lowest BCUT2D eigenvalue weighted by Gasteiger charge is -2.40. The van der Waals surface area contributed by atoms with Crippen molar-refractivity contribution >= 4 is 14.3 Å². The first kappa shape index (κ1) is 22.5. The molecule has 1 aromatic carbocycles. The average molecular weight is 417 g/mol. The Kier molecular flexibility index (Phi) is 6.94.